The van der Waals surface area contributed by atoms with E-state index in [4.69, 9.17) is 25.8 Å². The molecule has 4 rings (SSSR count). The van der Waals surface area contributed by atoms with E-state index in [1.165, 1.54) is 15.9 Å². The molecule has 0 aliphatic rings. The second-order valence-corrected chi connectivity index (χ2v) is 12.8. The summed E-state index contributed by atoms with van der Waals surface area (Å²) in [6.07, 6.45) is 0.811. The van der Waals surface area contributed by atoms with Crippen LogP contribution < -0.4 is 25.4 Å². The fourth-order valence-corrected chi connectivity index (χ4v) is 7.74. The van der Waals surface area contributed by atoms with Crippen molar-refractivity contribution in [3.8, 4) is 11.5 Å². The van der Waals surface area contributed by atoms with Crippen LogP contribution in [0.2, 0.25) is 5.02 Å². The number of carbonyl (C=O) groups excluding carboxylic acids is 1. The molecule has 0 amide bonds. The van der Waals surface area contributed by atoms with Crippen molar-refractivity contribution in [3.63, 3.8) is 0 Å². The van der Waals surface area contributed by atoms with Crippen molar-refractivity contribution in [1.82, 2.24) is 0 Å². The quantitative estimate of drug-likeness (QED) is 0.156. The molecule has 0 unspecified atom stereocenters. The molecule has 4 nitrogen and oxygen atoms in total. The highest BCUT2D eigenvalue weighted by Gasteiger charge is 2.39. The van der Waals surface area contributed by atoms with Crippen molar-refractivity contribution < 1.29 is 19.0 Å². The van der Waals surface area contributed by atoms with Crippen LogP contribution in [0.1, 0.15) is 25.8 Å². The molecular formula is C33H37ClO4P+. The highest BCUT2D eigenvalue weighted by Crippen LogP contribution is 2.51. The molecule has 0 fully saturated rings. The van der Waals surface area contributed by atoms with Gasteiger partial charge in [0.25, 0.3) is 0 Å². The molecule has 6 heteroatoms. The number of carbonyl (C=O) groups is 1. The fourth-order valence-electron chi connectivity index (χ4n) is 4.29. The van der Waals surface area contributed by atoms with E-state index >= 15 is 0 Å². The summed E-state index contributed by atoms with van der Waals surface area (Å²) in [6, 6.07) is 36.1. The minimum atomic E-state index is -1.53. The normalized spacial score (nSPS) is 10.7. The average molecular weight is 564 g/mol. The van der Waals surface area contributed by atoms with E-state index < -0.39 is 7.26 Å². The number of aryl methyl sites for hydroxylation is 1. The summed E-state index contributed by atoms with van der Waals surface area (Å²) in [7, 11) is 0.0439. The second-order valence-electron chi connectivity index (χ2n) is 8.85. The Morgan fingerprint density at radius 2 is 1.23 bits per heavy atom. The molecule has 0 heterocycles. The summed E-state index contributed by atoms with van der Waals surface area (Å²) in [5, 5.41) is 4.85. The largest absolute Gasteiger partial charge is 0.493 e. The molecule has 0 N–H and O–H groups in total. The van der Waals surface area contributed by atoms with Gasteiger partial charge in [0.1, 0.15) is 23.2 Å². The van der Waals surface area contributed by atoms with Crippen molar-refractivity contribution in [2.24, 2.45) is 0 Å². The molecule has 4 aromatic rings. The SMILES string of the molecule is CCOC(=O)CCc1cc(OC)c(OCC)cc1Cl.C[P+](c1ccccc1)(c1ccccc1)c1ccccc1. The molecule has 0 spiro atoms. The van der Waals surface area contributed by atoms with Gasteiger partial charge < -0.3 is 14.2 Å². The Morgan fingerprint density at radius 1 is 0.744 bits per heavy atom. The Kier molecular flexibility index (Phi) is 11.9. The number of benzene rings is 4. The second kappa shape index (κ2) is 15.3. The highest BCUT2D eigenvalue weighted by atomic mass is 35.5. The maximum atomic E-state index is 11.3. The van der Waals surface area contributed by atoms with Gasteiger partial charge in [-0.25, -0.2) is 0 Å². The summed E-state index contributed by atoms with van der Waals surface area (Å²) in [4.78, 5) is 11.3. The van der Waals surface area contributed by atoms with Crippen molar-refractivity contribution in [3.05, 3.63) is 114 Å². The Hall–Kier alpha value is -3.33. The molecular weight excluding hydrogens is 527 g/mol. The van der Waals surface area contributed by atoms with Gasteiger partial charge in [0.05, 0.1) is 27.0 Å². The fraction of sp³-hybridized carbons (Fsp3) is 0.242. The third kappa shape index (κ3) is 8.08. The summed E-state index contributed by atoms with van der Waals surface area (Å²) in [5.41, 5.74) is 0.843. The molecule has 0 aromatic heterocycles. The van der Waals surface area contributed by atoms with Crippen LogP contribution in [0.4, 0.5) is 0 Å². The third-order valence-electron chi connectivity index (χ3n) is 6.35. The number of esters is 1. The number of methoxy groups -OCH3 is 1. The lowest BCUT2D eigenvalue weighted by Gasteiger charge is -2.22. The van der Waals surface area contributed by atoms with Crippen molar-refractivity contribution in [2.75, 3.05) is 27.0 Å². The molecule has 0 aliphatic carbocycles. The molecule has 4 aromatic carbocycles. The van der Waals surface area contributed by atoms with E-state index in [1.807, 2.05) is 6.92 Å². The maximum absolute atomic E-state index is 11.3. The van der Waals surface area contributed by atoms with Gasteiger partial charge in [0, 0.05) is 17.5 Å². The van der Waals surface area contributed by atoms with Crippen LogP contribution in [0.3, 0.4) is 0 Å². The maximum Gasteiger partial charge on any atom is 0.306 e. The predicted octanol–water partition coefficient (Wildman–Crippen LogP) is 6.85. The van der Waals surface area contributed by atoms with Crippen LogP contribution in [0.5, 0.6) is 11.5 Å². The molecule has 0 radical (unpaired) electrons. The van der Waals surface area contributed by atoms with Gasteiger partial charge in [0.2, 0.25) is 0 Å². The zero-order valence-corrected chi connectivity index (χ0v) is 24.8. The van der Waals surface area contributed by atoms with E-state index in [2.05, 4.69) is 97.7 Å². The predicted molar refractivity (Wildman–Crippen MR) is 165 cm³/mol. The van der Waals surface area contributed by atoms with Gasteiger partial charge in [-0.1, -0.05) is 66.2 Å². The summed E-state index contributed by atoms with van der Waals surface area (Å²) < 4.78 is 15.6. The topological polar surface area (TPSA) is 44.8 Å². The number of halogens is 1. The number of hydrogen-bond donors (Lipinski definition) is 0. The van der Waals surface area contributed by atoms with Crippen LogP contribution in [0, 0.1) is 0 Å². The Balaban J connectivity index is 0.000000216. The molecule has 204 valence electrons. The lowest BCUT2D eigenvalue weighted by Crippen LogP contribution is -2.30. The van der Waals surface area contributed by atoms with Crippen molar-refractivity contribution in [2.45, 2.75) is 26.7 Å². The van der Waals surface area contributed by atoms with Crippen molar-refractivity contribution >= 4 is 40.7 Å². The van der Waals surface area contributed by atoms with Crippen LogP contribution in [0.15, 0.2) is 103 Å². The number of ether oxygens (including phenoxy) is 3. The van der Waals surface area contributed by atoms with Crippen LogP contribution in [-0.2, 0) is 16.0 Å². The molecule has 0 saturated carbocycles. The molecule has 0 atom stereocenters. The smallest absolute Gasteiger partial charge is 0.306 e. The van der Waals surface area contributed by atoms with E-state index in [1.54, 1.807) is 26.2 Å². The summed E-state index contributed by atoms with van der Waals surface area (Å²) in [5.74, 6) is 0.992. The lowest BCUT2D eigenvalue weighted by molar-refractivity contribution is -0.143. The first-order chi connectivity index (χ1) is 18.9. The first kappa shape index (κ1) is 30.2. The monoisotopic (exact) mass is 563 g/mol. The van der Waals surface area contributed by atoms with Crippen LogP contribution in [0.25, 0.3) is 0 Å². The van der Waals surface area contributed by atoms with Gasteiger partial charge in [-0.3, -0.25) is 4.79 Å². The van der Waals surface area contributed by atoms with E-state index in [0.29, 0.717) is 42.6 Å². The number of hydrogen-bond acceptors (Lipinski definition) is 4. The zero-order valence-electron chi connectivity index (χ0n) is 23.1. The van der Waals surface area contributed by atoms with E-state index in [0.717, 1.165) is 5.56 Å². The summed E-state index contributed by atoms with van der Waals surface area (Å²) >= 11 is 6.17. The van der Waals surface area contributed by atoms with Gasteiger partial charge in [0.15, 0.2) is 11.5 Å². The van der Waals surface area contributed by atoms with Crippen LogP contribution >= 0.6 is 18.9 Å². The van der Waals surface area contributed by atoms with Gasteiger partial charge in [-0.2, -0.15) is 0 Å². The zero-order chi connectivity index (χ0) is 28.1. The standard InChI is InChI=1S/C19H18P.C14H19ClO4/c1-20(17-11-5-2-6-12-17,18-13-7-3-8-14-18)19-15-9-4-10-16-19;1-4-18-13-9-11(15)10(8-12(13)17-3)6-7-14(16)19-5-2/h2-16H,1H3;8-9H,4-7H2,1-3H3/q+1;. The minimum absolute atomic E-state index is 0.230. The first-order valence-electron chi connectivity index (χ1n) is 13.1. The van der Waals surface area contributed by atoms with Crippen LogP contribution in [-0.4, -0.2) is 33.0 Å². The van der Waals surface area contributed by atoms with Gasteiger partial charge >= 0.3 is 5.97 Å². The Labute approximate surface area is 238 Å². The van der Waals surface area contributed by atoms with E-state index in [-0.39, 0.29) is 5.97 Å². The number of rotatable bonds is 10. The van der Waals surface area contributed by atoms with Crippen molar-refractivity contribution in [1.29, 1.82) is 0 Å². The molecule has 0 aliphatic heterocycles. The minimum Gasteiger partial charge on any atom is -0.493 e. The summed E-state index contributed by atoms with van der Waals surface area (Å²) in [6.45, 7) is 7.01. The Bertz CT molecular complexity index is 1200. The van der Waals surface area contributed by atoms with Gasteiger partial charge in [-0.15, -0.1) is 0 Å². The van der Waals surface area contributed by atoms with E-state index in [9.17, 15) is 4.79 Å². The molecule has 39 heavy (non-hydrogen) atoms. The molecule has 0 saturated heterocycles. The lowest BCUT2D eigenvalue weighted by atomic mass is 10.1. The van der Waals surface area contributed by atoms with Gasteiger partial charge in [-0.05, 0) is 68.3 Å². The molecule has 0 bridgehead atoms. The highest BCUT2D eigenvalue weighted by molar-refractivity contribution is 7.95. The third-order valence-corrected chi connectivity index (χ3v) is 10.7. The average Bonchev–Trinajstić information content (AvgIpc) is 2.98. The first-order valence-corrected chi connectivity index (χ1v) is 15.7. The Morgan fingerprint density at radius 3 is 1.64 bits per heavy atom.